The van der Waals surface area contributed by atoms with Gasteiger partial charge in [0, 0.05) is 24.0 Å². The number of carbonyl (C=O) groups excluding carboxylic acids is 2. The van der Waals surface area contributed by atoms with Gasteiger partial charge in [-0.15, -0.1) is 0 Å². The Morgan fingerprint density at radius 2 is 2.05 bits per heavy atom. The minimum Gasteiger partial charge on any atom is -0.347 e. The zero-order valence-corrected chi connectivity index (χ0v) is 13.0. The van der Waals surface area contributed by atoms with E-state index in [1.807, 2.05) is 0 Å². The number of aryl methyl sites for hydroxylation is 1. The summed E-state index contributed by atoms with van der Waals surface area (Å²) in [5.74, 6) is -0.0765. The summed E-state index contributed by atoms with van der Waals surface area (Å²) >= 11 is 0. The van der Waals surface area contributed by atoms with Crippen molar-refractivity contribution < 1.29 is 9.59 Å². The Morgan fingerprint density at radius 1 is 1.27 bits per heavy atom. The predicted molar refractivity (Wildman–Crippen MR) is 82.8 cm³/mol. The standard InChI is InChI=1S/C17H22N2O3/c1-2-3-8-19-12(7-6-11-4-5-11)9-14(20)16-13(19)10-15(21)18-17(16)22/h9,11H,2-8,10H2,1H3,(H,18,21,22). The zero-order chi connectivity index (χ0) is 15.7. The van der Waals surface area contributed by atoms with Gasteiger partial charge in [0.2, 0.25) is 5.91 Å². The Kier molecular flexibility index (Phi) is 4.14. The van der Waals surface area contributed by atoms with Gasteiger partial charge in [0.1, 0.15) is 5.56 Å². The van der Waals surface area contributed by atoms with Crippen molar-refractivity contribution in [3.63, 3.8) is 0 Å². The summed E-state index contributed by atoms with van der Waals surface area (Å²) in [5, 5.41) is 2.25. The lowest BCUT2D eigenvalue weighted by Gasteiger charge is -2.23. The lowest BCUT2D eigenvalue weighted by atomic mass is 10.0. The monoisotopic (exact) mass is 302 g/mol. The third kappa shape index (κ3) is 2.98. The molecule has 2 heterocycles. The fourth-order valence-corrected chi connectivity index (χ4v) is 3.12. The molecule has 1 aliphatic heterocycles. The average Bonchev–Trinajstić information content (AvgIpc) is 3.27. The van der Waals surface area contributed by atoms with Crippen LogP contribution in [-0.4, -0.2) is 16.4 Å². The first kappa shape index (κ1) is 15.0. The molecule has 0 atom stereocenters. The first-order valence-corrected chi connectivity index (χ1v) is 8.20. The number of nitrogens with one attached hydrogen (secondary N) is 1. The molecule has 0 spiro atoms. The van der Waals surface area contributed by atoms with Crippen molar-refractivity contribution in [3.8, 4) is 0 Å². The number of rotatable bonds is 6. The van der Waals surface area contributed by atoms with E-state index >= 15 is 0 Å². The first-order valence-electron chi connectivity index (χ1n) is 8.20. The lowest BCUT2D eigenvalue weighted by Crippen LogP contribution is -2.43. The minimum atomic E-state index is -0.546. The van der Waals surface area contributed by atoms with E-state index in [-0.39, 0.29) is 23.3 Å². The fraction of sp³-hybridized carbons (Fsp3) is 0.588. The second-order valence-electron chi connectivity index (χ2n) is 6.36. The Bertz CT molecular complexity index is 671. The summed E-state index contributed by atoms with van der Waals surface area (Å²) in [4.78, 5) is 36.0. The second-order valence-corrected chi connectivity index (χ2v) is 6.36. The van der Waals surface area contributed by atoms with Gasteiger partial charge in [-0.1, -0.05) is 26.2 Å². The van der Waals surface area contributed by atoms with Crippen molar-refractivity contribution in [1.82, 2.24) is 9.88 Å². The van der Waals surface area contributed by atoms with Crippen LogP contribution >= 0.6 is 0 Å². The molecule has 5 nitrogen and oxygen atoms in total. The predicted octanol–water partition coefficient (Wildman–Crippen LogP) is 1.80. The number of carbonyl (C=O) groups is 2. The largest absolute Gasteiger partial charge is 0.347 e. The molecule has 2 amide bonds. The van der Waals surface area contributed by atoms with E-state index in [9.17, 15) is 14.4 Å². The van der Waals surface area contributed by atoms with Gasteiger partial charge in [-0.2, -0.15) is 0 Å². The molecule has 1 aromatic heterocycles. The van der Waals surface area contributed by atoms with E-state index in [1.54, 1.807) is 6.07 Å². The highest BCUT2D eigenvalue weighted by Gasteiger charge is 2.29. The van der Waals surface area contributed by atoms with Gasteiger partial charge in [0.05, 0.1) is 6.42 Å². The molecular formula is C17H22N2O3. The van der Waals surface area contributed by atoms with Crippen LogP contribution in [0.1, 0.15) is 60.8 Å². The molecule has 22 heavy (non-hydrogen) atoms. The lowest BCUT2D eigenvalue weighted by molar-refractivity contribution is -0.119. The molecular weight excluding hydrogens is 280 g/mol. The van der Waals surface area contributed by atoms with Gasteiger partial charge in [-0.25, -0.2) is 0 Å². The summed E-state index contributed by atoms with van der Waals surface area (Å²) in [6, 6.07) is 1.60. The van der Waals surface area contributed by atoms with E-state index in [4.69, 9.17) is 0 Å². The Hall–Kier alpha value is -1.91. The number of fused-ring (bicyclic) bond motifs is 1. The van der Waals surface area contributed by atoms with Crippen LogP contribution in [-0.2, 0) is 24.2 Å². The Balaban J connectivity index is 2.02. The molecule has 118 valence electrons. The van der Waals surface area contributed by atoms with Crippen LogP contribution in [0.15, 0.2) is 10.9 Å². The molecule has 0 unspecified atom stereocenters. The second kappa shape index (κ2) is 6.07. The molecule has 1 N–H and O–H groups in total. The molecule has 1 fully saturated rings. The minimum absolute atomic E-state index is 0.122. The van der Waals surface area contributed by atoms with Crippen molar-refractivity contribution in [2.24, 2.45) is 5.92 Å². The molecule has 2 aliphatic rings. The number of amides is 2. The van der Waals surface area contributed by atoms with Crippen LogP contribution in [0.3, 0.4) is 0 Å². The Labute approximate surface area is 129 Å². The Morgan fingerprint density at radius 3 is 2.73 bits per heavy atom. The van der Waals surface area contributed by atoms with Crippen LogP contribution in [0, 0.1) is 5.92 Å². The van der Waals surface area contributed by atoms with Gasteiger partial charge in [0.25, 0.3) is 5.91 Å². The summed E-state index contributed by atoms with van der Waals surface area (Å²) in [6.07, 6.45) is 6.63. The molecule has 5 heteroatoms. The highest BCUT2D eigenvalue weighted by molar-refractivity contribution is 6.09. The summed E-state index contributed by atoms with van der Waals surface area (Å²) < 4.78 is 2.05. The third-order valence-electron chi connectivity index (χ3n) is 4.55. The summed E-state index contributed by atoms with van der Waals surface area (Å²) in [7, 11) is 0. The van der Waals surface area contributed by atoms with E-state index < -0.39 is 5.91 Å². The van der Waals surface area contributed by atoms with Crippen LogP contribution in [0.5, 0.6) is 0 Å². The summed E-state index contributed by atoms with van der Waals surface area (Å²) in [5.41, 5.74) is 1.50. The number of unbranched alkanes of at least 4 members (excludes halogenated alkanes) is 1. The van der Waals surface area contributed by atoms with Crippen LogP contribution < -0.4 is 10.7 Å². The van der Waals surface area contributed by atoms with Crippen molar-refractivity contribution in [1.29, 1.82) is 0 Å². The molecule has 0 aromatic carbocycles. The number of aromatic nitrogens is 1. The molecule has 1 saturated carbocycles. The third-order valence-corrected chi connectivity index (χ3v) is 4.55. The molecule has 0 bridgehead atoms. The highest BCUT2D eigenvalue weighted by Crippen LogP contribution is 2.33. The van der Waals surface area contributed by atoms with E-state index in [2.05, 4.69) is 16.8 Å². The molecule has 3 rings (SSSR count). The SMILES string of the molecule is CCCCn1c(CCC2CC2)cc(=O)c2c1CC(=O)NC2=O. The molecule has 1 aliphatic carbocycles. The number of imide groups is 1. The topological polar surface area (TPSA) is 68.2 Å². The normalized spacial score (nSPS) is 17.3. The van der Waals surface area contributed by atoms with Crippen molar-refractivity contribution >= 4 is 11.8 Å². The van der Waals surface area contributed by atoms with Crippen molar-refractivity contribution in [2.75, 3.05) is 0 Å². The zero-order valence-electron chi connectivity index (χ0n) is 13.0. The first-order chi connectivity index (χ1) is 10.6. The smallest absolute Gasteiger partial charge is 0.263 e. The van der Waals surface area contributed by atoms with Gasteiger partial charge >= 0.3 is 0 Å². The van der Waals surface area contributed by atoms with E-state index in [0.29, 0.717) is 5.69 Å². The number of nitrogens with zero attached hydrogens (tertiary/aromatic N) is 1. The van der Waals surface area contributed by atoms with Crippen molar-refractivity contribution in [2.45, 2.75) is 58.4 Å². The maximum absolute atomic E-state index is 12.3. The van der Waals surface area contributed by atoms with Crippen LogP contribution in [0.4, 0.5) is 0 Å². The van der Waals surface area contributed by atoms with Crippen LogP contribution in [0.25, 0.3) is 0 Å². The van der Waals surface area contributed by atoms with Crippen molar-refractivity contribution in [3.05, 3.63) is 33.2 Å². The quantitative estimate of drug-likeness (QED) is 0.815. The average molecular weight is 302 g/mol. The fourth-order valence-electron chi connectivity index (χ4n) is 3.12. The molecule has 1 aromatic rings. The number of hydrogen-bond donors (Lipinski definition) is 1. The molecule has 0 saturated heterocycles. The van der Waals surface area contributed by atoms with Gasteiger partial charge in [-0.05, 0) is 25.2 Å². The number of hydrogen-bond acceptors (Lipinski definition) is 3. The van der Waals surface area contributed by atoms with E-state index in [0.717, 1.165) is 43.8 Å². The van der Waals surface area contributed by atoms with E-state index in [1.165, 1.54) is 12.8 Å². The van der Waals surface area contributed by atoms with Gasteiger partial charge in [-0.3, -0.25) is 19.7 Å². The van der Waals surface area contributed by atoms with Gasteiger partial charge in [0.15, 0.2) is 5.43 Å². The maximum atomic E-state index is 12.3. The number of pyridine rings is 1. The van der Waals surface area contributed by atoms with Crippen LogP contribution in [0.2, 0.25) is 0 Å². The molecule has 0 radical (unpaired) electrons. The van der Waals surface area contributed by atoms with Gasteiger partial charge < -0.3 is 4.57 Å². The maximum Gasteiger partial charge on any atom is 0.263 e. The summed E-state index contributed by atoms with van der Waals surface area (Å²) in [6.45, 7) is 2.87. The highest BCUT2D eigenvalue weighted by atomic mass is 16.2.